The SMILES string of the molecule is CCc1nnc([C@H]2CCCN(C(=O)C3CC=CC3)[C@H]2C)o1. The van der Waals surface area contributed by atoms with Crippen LogP contribution in [0.15, 0.2) is 16.6 Å². The van der Waals surface area contributed by atoms with E-state index >= 15 is 0 Å². The van der Waals surface area contributed by atoms with Gasteiger partial charge in [-0.2, -0.15) is 0 Å². The number of aryl methyl sites for hydroxylation is 1. The van der Waals surface area contributed by atoms with Crippen LogP contribution in [0, 0.1) is 5.92 Å². The van der Waals surface area contributed by atoms with Crippen molar-refractivity contribution >= 4 is 5.91 Å². The summed E-state index contributed by atoms with van der Waals surface area (Å²) < 4.78 is 5.72. The molecule has 1 fully saturated rings. The number of likely N-dealkylation sites (tertiary alicyclic amines) is 1. The Morgan fingerprint density at radius 1 is 1.38 bits per heavy atom. The normalized spacial score (nSPS) is 26.5. The third kappa shape index (κ3) is 2.74. The zero-order valence-electron chi connectivity index (χ0n) is 12.8. The van der Waals surface area contributed by atoms with Crippen molar-refractivity contribution in [2.24, 2.45) is 5.92 Å². The van der Waals surface area contributed by atoms with Gasteiger partial charge in [0, 0.05) is 24.9 Å². The van der Waals surface area contributed by atoms with E-state index in [-0.39, 0.29) is 23.8 Å². The monoisotopic (exact) mass is 289 g/mol. The number of carbonyl (C=O) groups excluding carboxylic acids is 1. The summed E-state index contributed by atoms with van der Waals surface area (Å²) in [4.78, 5) is 14.7. The van der Waals surface area contributed by atoms with E-state index in [1.165, 1.54) is 0 Å². The van der Waals surface area contributed by atoms with Gasteiger partial charge in [0.05, 0.1) is 5.92 Å². The molecule has 5 nitrogen and oxygen atoms in total. The largest absolute Gasteiger partial charge is 0.425 e. The third-order valence-corrected chi connectivity index (χ3v) is 4.73. The van der Waals surface area contributed by atoms with Crippen LogP contribution in [0.5, 0.6) is 0 Å². The molecule has 1 amide bonds. The highest BCUT2D eigenvalue weighted by Crippen LogP contribution is 2.34. The summed E-state index contributed by atoms with van der Waals surface area (Å²) in [6, 6.07) is 0.136. The van der Waals surface area contributed by atoms with Gasteiger partial charge >= 0.3 is 0 Å². The Balaban J connectivity index is 1.73. The van der Waals surface area contributed by atoms with Crippen LogP contribution in [0.2, 0.25) is 0 Å². The van der Waals surface area contributed by atoms with Crippen molar-refractivity contribution in [1.29, 1.82) is 0 Å². The molecule has 2 atom stereocenters. The first kappa shape index (κ1) is 14.3. The molecule has 21 heavy (non-hydrogen) atoms. The number of rotatable bonds is 3. The second-order valence-electron chi connectivity index (χ2n) is 6.05. The van der Waals surface area contributed by atoms with E-state index in [1.54, 1.807) is 0 Å². The number of aromatic nitrogens is 2. The standard InChI is InChI=1S/C16H23N3O2/c1-3-14-17-18-15(21-14)13-9-6-10-19(11(13)2)16(20)12-7-4-5-8-12/h4-5,11-13H,3,6-10H2,1-2H3/t11-,13-/m0/s1. The average molecular weight is 289 g/mol. The van der Waals surface area contributed by atoms with Crippen molar-refractivity contribution in [2.45, 2.75) is 57.9 Å². The second kappa shape index (κ2) is 6.00. The van der Waals surface area contributed by atoms with E-state index in [9.17, 15) is 4.79 Å². The van der Waals surface area contributed by atoms with Gasteiger partial charge in [-0.15, -0.1) is 10.2 Å². The topological polar surface area (TPSA) is 59.2 Å². The van der Waals surface area contributed by atoms with Crippen molar-refractivity contribution in [2.75, 3.05) is 6.54 Å². The summed E-state index contributed by atoms with van der Waals surface area (Å²) in [5.74, 6) is 1.97. The first-order valence-corrected chi connectivity index (χ1v) is 7.98. The van der Waals surface area contributed by atoms with Gasteiger partial charge in [-0.1, -0.05) is 19.1 Å². The number of nitrogens with zero attached hydrogens (tertiary/aromatic N) is 3. The molecule has 114 valence electrons. The lowest BCUT2D eigenvalue weighted by Gasteiger charge is -2.39. The van der Waals surface area contributed by atoms with Crippen LogP contribution in [-0.2, 0) is 11.2 Å². The number of amides is 1. The molecule has 0 radical (unpaired) electrons. The fraction of sp³-hybridized carbons (Fsp3) is 0.688. The maximum Gasteiger partial charge on any atom is 0.226 e. The average Bonchev–Trinajstić information content (AvgIpc) is 3.18. The number of hydrogen-bond acceptors (Lipinski definition) is 4. The summed E-state index contributed by atoms with van der Waals surface area (Å²) >= 11 is 0. The van der Waals surface area contributed by atoms with E-state index in [0.29, 0.717) is 11.8 Å². The maximum absolute atomic E-state index is 12.7. The Hall–Kier alpha value is -1.65. The van der Waals surface area contributed by atoms with Gasteiger partial charge in [-0.3, -0.25) is 4.79 Å². The van der Waals surface area contributed by atoms with Crippen molar-refractivity contribution < 1.29 is 9.21 Å². The molecule has 1 saturated heterocycles. The number of hydrogen-bond donors (Lipinski definition) is 0. The number of carbonyl (C=O) groups is 1. The lowest BCUT2D eigenvalue weighted by atomic mass is 9.88. The molecule has 0 bridgehead atoms. The van der Waals surface area contributed by atoms with Crippen LogP contribution >= 0.6 is 0 Å². The first-order chi connectivity index (χ1) is 10.2. The summed E-state index contributed by atoms with van der Waals surface area (Å²) in [6.45, 7) is 4.96. The molecular formula is C16H23N3O2. The van der Waals surface area contributed by atoms with Gasteiger partial charge in [0.15, 0.2) is 0 Å². The van der Waals surface area contributed by atoms with Gasteiger partial charge in [0.1, 0.15) is 0 Å². The van der Waals surface area contributed by atoms with Crippen molar-refractivity contribution in [1.82, 2.24) is 15.1 Å². The maximum atomic E-state index is 12.7. The molecule has 1 aromatic rings. The Kier molecular flexibility index (Phi) is 4.08. The highest BCUT2D eigenvalue weighted by atomic mass is 16.4. The van der Waals surface area contributed by atoms with Crippen LogP contribution in [0.25, 0.3) is 0 Å². The minimum absolute atomic E-state index is 0.136. The summed E-state index contributed by atoms with van der Waals surface area (Å²) in [5, 5.41) is 8.25. The molecule has 0 N–H and O–H groups in total. The molecule has 2 aliphatic rings. The second-order valence-corrected chi connectivity index (χ2v) is 6.05. The van der Waals surface area contributed by atoms with Gasteiger partial charge < -0.3 is 9.32 Å². The fourth-order valence-corrected chi connectivity index (χ4v) is 3.40. The molecule has 5 heteroatoms. The molecule has 0 spiro atoms. The Labute approximate surface area is 125 Å². The van der Waals surface area contributed by atoms with Crippen LogP contribution in [0.3, 0.4) is 0 Å². The Bertz CT molecular complexity index is 529. The molecule has 3 rings (SSSR count). The summed E-state index contributed by atoms with van der Waals surface area (Å²) in [5.41, 5.74) is 0. The molecule has 0 saturated carbocycles. The lowest BCUT2D eigenvalue weighted by Crippen LogP contribution is -2.48. The zero-order valence-corrected chi connectivity index (χ0v) is 12.8. The molecule has 2 heterocycles. The van der Waals surface area contributed by atoms with E-state index in [2.05, 4.69) is 29.3 Å². The lowest BCUT2D eigenvalue weighted by molar-refractivity contribution is -0.139. The predicted molar refractivity (Wildman–Crippen MR) is 78.7 cm³/mol. The van der Waals surface area contributed by atoms with Gasteiger partial charge in [-0.25, -0.2) is 0 Å². The van der Waals surface area contributed by atoms with E-state index in [4.69, 9.17) is 4.42 Å². The number of allylic oxidation sites excluding steroid dienone is 2. The molecule has 0 aromatic carbocycles. The van der Waals surface area contributed by atoms with Crippen LogP contribution in [0.4, 0.5) is 0 Å². The van der Waals surface area contributed by atoms with Crippen molar-refractivity contribution in [3.8, 4) is 0 Å². The van der Waals surface area contributed by atoms with Crippen LogP contribution in [-0.4, -0.2) is 33.6 Å². The first-order valence-electron chi connectivity index (χ1n) is 7.98. The molecule has 0 unspecified atom stereocenters. The summed E-state index contributed by atoms with van der Waals surface area (Å²) in [6.07, 6.45) is 8.76. The molecule has 1 aromatic heterocycles. The van der Waals surface area contributed by atoms with Crippen LogP contribution < -0.4 is 0 Å². The molecule has 1 aliphatic heterocycles. The quantitative estimate of drug-likeness (QED) is 0.803. The van der Waals surface area contributed by atoms with Crippen LogP contribution in [0.1, 0.15) is 57.2 Å². The van der Waals surface area contributed by atoms with E-state index in [1.807, 2.05) is 11.8 Å². The third-order valence-electron chi connectivity index (χ3n) is 4.73. The highest BCUT2D eigenvalue weighted by Gasteiger charge is 2.37. The Morgan fingerprint density at radius 2 is 2.14 bits per heavy atom. The van der Waals surface area contributed by atoms with E-state index in [0.717, 1.165) is 38.6 Å². The minimum atomic E-state index is 0.136. The molecular weight excluding hydrogens is 266 g/mol. The number of piperidine rings is 1. The Morgan fingerprint density at radius 3 is 2.81 bits per heavy atom. The van der Waals surface area contributed by atoms with Crippen molar-refractivity contribution in [3.63, 3.8) is 0 Å². The highest BCUT2D eigenvalue weighted by molar-refractivity contribution is 5.80. The van der Waals surface area contributed by atoms with Gasteiger partial charge in [0.25, 0.3) is 0 Å². The zero-order chi connectivity index (χ0) is 14.8. The van der Waals surface area contributed by atoms with E-state index < -0.39 is 0 Å². The van der Waals surface area contributed by atoms with Crippen molar-refractivity contribution in [3.05, 3.63) is 23.9 Å². The summed E-state index contributed by atoms with van der Waals surface area (Å²) in [7, 11) is 0. The minimum Gasteiger partial charge on any atom is -0.425 e. The molecule has 1 aliphatic carbocycles. The fourth-order valence-electron chi connectivity index (χ4n) is 3.40. The van der Waals surface area contributed by atoms with Gasteiger partial charge in [-0.05, 0) is 32.6 Å². The smallest absolute Gasteiger partial charge is 0.226 e. The predicted octanol–water partition coefficient (Wildman–Crippen LogP) is 2.69. The van der Waals surface area contributed by atoms with Gasteiger partial charge in [0.2, 0.25) is 17.7 Å².